The van der Waals surface area contributed by atoms with Crippen LogP contribution >= 0.6 is 0 Å². The average Bonchev–Trinajstić information content (AvgIpc) is 2.78. The molecule has 0 saturated carbocycles. The van der Waals surface area contributed by atoms with Gasteiger partial charge in [-0.05, 0) is 41.8 Å². The third-order valence-electron chi connectivity index (χ3n) is 6.88. The minimum Gasteiger partial charge on any atom is -0.496 e. The van der Waals surface area contributed by atoms with E-state index in [9.17, 15) is 14.7 Å². The average molecular weight is 432 g/mol. The second-order valence-electron chi connectivity index (χ2n) is 9.39. The molecule has 1 heterocycles. The number of carbonyl (C=O) groups excluding carboxylic acids is 1. The van der Waals surface area contributed by atoms with E-state index in [0.717, 1.165) is 12.0 Å². The van der Waals surface area contributed by atoms with E-state index < -0.39 is 5.97 Å². The summed E-state index contributed by atoms with van der Waals surface area (Å²) in [6, 6.07) is 14.4. The zero-order valence-electron chi connectivity index (χ0n) is 19.0. The molecule has 1 aliphatic carbocycles. The van der Waals surface area contributed by atoms with Gasteiger partial charge >= 0.3 is 5.97 Å². The van der Waals surface area contributed by atoms with Crippen molar-refractivity contribution in [1.29, 1.82) is 0 Å². The molecule has 5 heteroatoms. The molecule has 0 aromatic heterocycles. The summed E-state index contributed by atoms with van der Waals surface area (Å²) in [6.45, 7) is 7.84. The lowest BCUT2D eigenvalue weighted by atomic mass is 9.58. The van der Waals surface area contributed by atoms with Gasteiger partial charge in [-0.1, -0.05) is 62.8 Å². The van der Waals surface area contributed by atoms with Crippen LogP contribution < -0.4 is 4.74 Å². The van der Waals surface area contributed by atoms with Crippen LogP contribution in [0.4, 0.5) is 0 Å². The smallest absolute Gasteiger partial charge is 0.335 e. The van der Waals surface area contributed by atoms with E-state index in [2.05, 4.69) is 32.9 Å². The Kier molecular flexibility index (Phi) is 5.45. The van der Waals surface area contributed by atoms with Crippen LogP contribution in [0, 0.1) is 10.8 Å². The first-order chi connectivity index (χ1) is 15.2. The van der Waals surface area contributed by atoms with Crippen LogP contribution in [0.1, 0.15) is 53.5 Å². The van der Waals surface area contributed by atoms with Gasteiger partial charge in [-0.2, -0.15) is 0 Å². The Morgan fingerprint density at radius 1 is 1.00 bits per heavy atom. The van der Waals surface area contributed by atoms with Crippen LogP contribution in [0.2, 0.25) is 0 Å². The van der Waals surface area contributed by atoms with E-state index in [1.807, 2.05) is 41.3 Å². The molecule has 0 saturated heterocycles. The standard InChI is InChI=1S/C27H29NO4/c1-26(2)21(18-9-11-19(12-10-18)25(30)31)13-15-27(3)17-28(16-14-23(26)27)24(29)20-7-5-6-8-22(20)32-4/h5-14H,15-17H2,1-4H3,(H,30,31)/t27-/m1/s1. The van der Waals surface area contributed by atoms with Crippen molar-refractivity contribution in [1.82, 2.24) is 4.90 Å². The number of hydrogen-bond donors (Lipinski definition) is 1. The lowest BCUT2D eigenvalue weighted by Crippen LogP contribution is -2.48. The van der Waals surface area contributed by atoms with Crippen molar-refractivity contribution in [3.63, 3.8) is 0 Å². The molecule has 166 valence electrons. The number of amides is 1. The summed E-state index contributed by atoms with van der Waals surface area (Å²) < 4.78 is 5.40. The SMILES string of the molecule is COc1ccccc1C(=O)N1CC=C2C(C)(C)C(c3ccc(C(=O)O)cc3)=CC[C@]2(C)C1. The summed E-state index contributed by atoms with van der Waals surface area (Å²) >= 11 is 0. The topological polar surface area (TPSA) is 66.8 Å². The van der Waals surface area contributed by atoms with Crippen LogP contribution in [0.15, 0.2) is 66.3 Å². The van der Waals surface area contributed by atoms with Gasteiger partial charge < -0.3 is 14.7 Å². The summed E-state index contributed by atoms with van der Waals surface area (Å²) in [5, 5.41) is 9.20. The number of rotatable bonds is 4. The largest absolute Gasteiger partial charge is 0.496 e. The molecule has 0 fully saturated rings. The fourth-order valence-electron chi connectivity index (χ4n) is 5.35. The van der Waals surface area contributed by atoms with Crippen LogP contribution in [0.3, 0.4) is 0 Å². The van der Waals surface area contributed by atoms with E-state index in [4.69, 9.17) is 4.74 Å². The molecule has 0 unspecified atom stereocenters. The van der Waals surface area contributed by atoms with Gasteiger partial charge in [0.2, 0.25) is 0 Å². The molecule has 1 atom stereocenters. The highest BCUT2D eigenvalue weighted by molar-refractivity contribution is 5.97. The monoisotopic (exact) mass is 431 g/mol. The van der Waals surface area contributed by atoms with Crippen molar-refractivity contribution >= 4 is 17.4 Å². The maximum absolute atomic E-state index is 13.3. The maximum Gasteiger partial charge on any atom is 0.335 e. The number of carbonyl (C=O) groups is 2. The second kappa shape index (κ2) is 7.97. The molecule has 0 spiro atoms. The van der Waals surface area contributed by atoms with Crippen LogP contribution in [0.25, 0.3) is 5.57 Å². The lowest BCUT2D eigenvalue weighted by Gasteiger charge is -2.50. The lowest BCUT2D eigenvalue weighted by molar-refractivity contribution is 0.0675. The first-order valence-corrected chi connectivity index (χ1v) is 10.8. The Bertz CT molecular complexity index is 1130. The summed E-state index contributed by atoms with van der Waals surface area (Å²) in [4.78, 5) is 26.4. The Balaban J connectivity index is 1.63. The molecular weight excluding hydrogens is 402 g/mol. The zero-order valence-corrected chi connectivity index (χ0v) is 19.0. The minimum atomic E-state index is -0.921. The zero-order chi connectivity index (χ0) is 23.1. The Hall–Kier alpha value is -3.34. The van der Waals surface area contributed by atoms with Crippen molar-refractivity contribution in [2.75, 3.05) is 20.2 Å². The number of carboxylic acids is 1. The van der Waals surface area contributed by atoms with Gasteiger partial charge in [0.05, 0.1) is 18.2 Å². The number of allylic oxidation sites excluding steroid dienone is 2. The Morgan fingerprint density at radius 3 is 2.34 bits per heavy atom. The highest BCUT2D eigenvalue weighted by atomic mass is 16.5. The van der Waals surface area contributed by atoms with Crippen molar-refractivity contribution in [3.05, 3.63) is 82.9 Å². The van der Waals surface area contributed by atoms with Crippen LogP contribution in [0.5, 0.6) is 5.75 Å². The quantitative estimate of drug-likeness (QED) is 0.668. The molecular formula is C27H29NO4. The number of carboxylic acid groups (broad SMARTS) is 1. The van der Waals surface area contributed by atoms with E-state index in [-0.39, 0.29) is 22.3 Å². The first-order valence-electron chi connectivity index (χ1n) is 10.8. The first kappa shape index (κ1) is 21.9. The van der Waals surface area contributed by atoms with E-state index in [1.54, 1.807) is 19.2 Å². The second-order valence-corrected chi connectivity index (χ2v) is 9.39. The number of hydrogen-bond acceptors (Lipinski definition) is 3. The molecule has 5 nitrogen and oxygen atoms in total. The number of ether oxygens (including phenoxy) is 1. The molecule has 1 N–H and O–H groups in total. The Labute approximate surface area is 189 Å². The third kappa shape index (κ3) is 3.62. The van der Waals surface area contributed by atoms with Gasteiger partial charge in [0, 0.05) is 23.9 Å². The third-order valence-corrected chi connectivity index (χ3v) is 6.88. The normalized spacial score (nSPS) is 21.8. The predicted molar refractivity (Wildman–Crippen MR) is 125 cm³/mol. The van der Waals surface area contributed by atoms with Gasteiger partial charge in [-0.15, -0.1) is 0 Å². The van der Waals surface area contributed by atoms with Gasteiger partial charge in [0.15, 0.2) is 0 Å². The number of benzene rings is 2. The number of fused-ring (bicyclic) bond motifs is 1. The van der Waals surface area contributed by atoms with E-state index in [0.29, 0.717) is 24.4 Å². The van der Waals surface area contributed by atoms with E-state index in [1.165, 1.54) is 11.1 Å². The number of methoxy groups -OCH3 is 1. The minimum absolute atomic E-state index is 0.0178. The van der Waals surface area contributed by atoms with Gasteiger partial charge in [0.25, 0.3) is 5.91 Å². The molecule has 2 aromatic carbocycles. The number of para-hydroxylation sites is 1. The predicted octanol–water partition coefficient (Wildman–Crippen LogP) is 5.30. The van der Waals surface area contributed by atoms with Gasteiger partial charge in [-0.3, -0.25) is 4.79 Å². The van der Waals surface area contributed by atoms with Gasteiger partial charge in [0.1, 0.15) is 5.75 Å². The van der Waals surface area contributed by atoms with E-state index >= 15 is 0 Å². The Morgan fingerprint density at radius 2 is 1.69 bits per heavy atom. The summed E-state index contributed by atoms with van der Waals surface area (Å²) in [5.41, 5.74) is 4.05. The summed E-state index contributed by atoms with van der Waals surface area (Å²) in [6.07, 6.45) is 5.27. The van der Waals surface area contributed by atoms with Crippen molar-refractivity contribution < 1.29 is 19.4 Å². The maximum atomic E-state index is 13.3. The number of nitrogens with zero attached hydrogens (tertiary/aromatic N) is 1. The number of aromatic carboxylic acids is 1. The molecule has 1 amide bonds. The van der Waals surface area contributed by atoms with Gasteiger partial charge in [-0.25, -0.2) is 4.79 Å². The fourth-order valence-corrected chi connectivity index (χ4v) is 5.35. The molecule has 2 aromatic rings. The van der Waals surface area contributed by atoms with Crippen molar-refractivity contribution in [3.8, 4) is 5.75 Å². The van der Waals surface area contributed by atoms with Crippen molar-refractivity contribution in [2.45, 2.75) is 27.2 Å². The van der Waals surface area contributed by atoms with Crippen LogP contribution in [-0.2, 0) is 0 Å². The molecule has 0 radical (unpaired) electrons. The van der Waals surface area contributed by atoms with Crippen LogP contribution in [-0.4, -0.2) is 42.1 Å². The molecule has 2 aliphatic rings. The molecule has 32 heavy (non-hydrogen) atoms. The highest BCUT2D eigenvalue weighted by Gasteiger charge is 2.46. The highest BCUT2D eigenvalue weighted by Crippen LogP contribution is 2.55. The van der Waals surface area contributed by atoms with Crippen molar-refractivity contribution in [2.24, 2.45) is 10.8 Å². The molecule has 0 bridgehead atoms. The summed E-state index contributed by atoms with van der Waals surface area (Å²) in [5.74, 6) is -0.347. The fraction of sp³-hybridized carbons (Fsp3) is 0.333. The molecule has 1 aliphatic heterocycles. The molecule has 4 rings (SSSR count). The summed E-state index contributed by atoms with van der Waals surface area (Å²) in [7, 11) is 1.58.